The van der Waals surface area contributed by atoms with Gasteiger partial charge >= 0.3 is 0 Å². The normalized spacial score (nSPS) is 17.3. The van der Waals surface area contributed by atoms with Gasteiger partial charge in [0.25, 0.3) is 0 Å². The smallest absolute Gasteiger partial charge is 0.0667 e. The Morgan fingerprint density at radius 1 is 1.25 bits per heavy atom. The zero-order valence-electron chi connectivity index (χ0n) is 9.73. The first-order valence-corrected chi connectivity index (χ1v) is 6.27. The summed E-state index contributed by atoms with van der Waals surface area (Å²) in [4.78, 5) is 0. The maximum Gasteiger partial charge on any atom is 0.0667 e. The van der Waals surface area contributed by atoms with Crippen LogP contribution in [0.5, 0.6) is 0 Å². The Hall–Kier alpha value is -0.860. The van der Waals surface area contributed by atoms with E-state index in [2.05, 4.69) is 17.4 Å². The molecule has 1 unspecified atom stereocenters. The Kier molecular flexibility index (Phi) is 4.37. The molecule has 0 heterocycles. The molecular weight excluding hydrogens is 198 g/mol. The van der Waals surface area contributed by atoms with E-state index in [4.69, 9.17) is 0 Å². The number of hydrogen-bond donors (Lipinski definition) is 2. The van der Waals surface area contributed by atoms with Gasteiger partial charge in [-0.25, -0.2) is 0 Å². The van der Waals surface area contributed by atoms with E-state index in [9.17, 15) is 5.11 Å². The molecule has 2 nitrogen and oxygen atoms in total. The van der Waals surface area contributed by atoms with E-state index in [0.29, 0.717) is 0 Å². The SMILES string of the molecule is OC(CCc1ccccc1)CNCC1CC1. The Morgan fingerprint density at radius 3 is 2.69 bits per heavy atom. The lowest BCUT2D eigenvalue weighted by atomic mass is 10.1. The van der Waals surface area contributed by atoms with Crippen molar-refractivity contribution in [2.24, 2.45) is 5.92 Å². The third-order valence-electron chi connectivity index (χ3n) is 3.12. The predicted molar refractivity (Wildman–Crippen MR) is 66.4 cm³/mol. The van der Waals surface area contributed by atoms with Crippen LogP contribution in [0, 0.1) is 5.92 Å². The number of rotatable bonds is 7. The van der Waals surface area contributed by atoms with E-state index >= 15 is 0 Å². The van der Waals surface area contributed by atoms with Gasteiger partial charge in [0.2, 0.25) is 0 Å². The zero-order chi connectivity index (χ0) is 11.2. The first-order valence-electron chi connectivity index (χ1n) is 6.27. The predicted octanol–water partition coefficient (Wildman–Crippen LogP) is 1.98. The maximum absolute atomic E-state index is 9.78. The molecule has 0 spiro atoms. The number of aryl methyl sites for hydroxylation is 1. The average molecular weight is 219 g/mol. The molecule has 16 heavy (non-hydrogen) atoms. The minimum Gasteiger partial charge on any atom is -0.392 e. The minimum atomic E-state index is -0.209. The standard InChI is InChI=1S/C14H21NO/c16-14(11-15-10-13-6-7-13)9-8-12-4-2-1-3-5-12/h1-5,13-16H,6-11H2. The van der Waals surface area contributed by atoms with Crippen LogP contribution < -0.4 is 5.32 Å². The summed E-state index contributed by atoms with van der Waals surface area (Å²) in [6.07, 6.45) is 4.34. The second-order valence-corrected chi connectivity index (χ2v) is 4.78. The summed E-state index contributed by atoms with van der Waals surface area (Å²) in [5, 5.41) is 13.1. The molecule has 0 aliphatic heterocycles. The van der Waals surface area contributed by atoms with Gasteiger partial charge in [0.05, 0.1) is 6.10 Å². The Bertz CT molecular complexity index is 295. The van der Waals surface area contributed by atoms with Gasteiger partial charge in [-0.05, 0) is 43.7 Å². The van der Waals surface area contributed by atoms with Gasteiger partial charge in [0.1, 0.15) is 0 Å². The molecule has 1 saturated carbocycles. The van der Waals surface area contributed by atoms with Crippen molar-refractivity contribution in [1.29, 1.82) is 0 Å². The Balaban J connectivity index is 1.57. The lowest BCUT2D eigenvalue weighted by molar-refractivity contribution is 0.162. The third-order valence-corrected chi connectivity index (χ3v) is 3.12. The van der Waals surface area contributed by atoms with Crippen LogP contribution in [0.3, 0.4) is 0 Å². The average Bonchev–Trinajstić information content (AvgIpc) is 3.12. The van der Waals surface area contributed by atoms with E-state index < -0.39 is 0 Å². The van der Waals surface area contributed by atoms with Crippen LogP contribution in [0.15, 0.2) is 30.3 Å². The van der Waals surface area contributed by atoms with Crippen LogP contribution in [0.25, 0.3) is 0 Å². The molecule has 0 aromatic heterocycles. The molecule has 1 atom stereocenters. The molecule has 88 valence electrons. The molecule has 0 bridgehead atoms. The summed E-state index contributed by atoms with van der Waals surface area (Å²) in [6, 6.07) is 10.4. The van der Waals surface area contributed by atoms with Crippen molar-refractivity contribution >= 4 is 0 Å². The molecule has 0 saturated heterocycles. The van der Waals surface area contributed by atoms with E-state index in [-0.39, 0.29) is 6.10 Å². The highest BCUT2D eigenvalue weighted by Crippen LogP contribution is 2.27. The second kappa shape index (κ2) is 6.02. The summed E-state index contributed by atoms with van der Waals surface area (Å²) < 4.78 is 0. The van der Waals surface area contributed by atoms with Crippen LogP contribution in [0.1, 0.15) is 24.8 Å². The van der Waals surface area contributed by atoms with Crippen molar-refractivity contribution in [1.82, 2.24) is 5.32 Å². The topological polar surface area (TPSA) is 32.3 Å². The molecule has 0 radical (unpaired) electrons. The van der Waals surface area contributed by atoms with Crippen LogP contribution in [-0.2, 0) is 6.42 Å². The molecule has 2 rings (SSSR count). The molecule has 1 aliphatic rings. The lowest BCUT2D eigenvalue weighted by Crippen LogP contribution is -2.28. The molecule has 1 aromatic rings. The van der Waals surface area contributed by atoms with Crippen LogP contribution >= 0.6 is 0 Å². The largest absolute Gasteiger partial charge is 0.392 e. The Labute approximate surface area is 97.7 Å². The first kappa shape index (κ1) is 11.6. The summed E-state index contributed by atoms with van der Waals surface area (Å²) in [6.45, 7) is 1.83. The van der Waals surface area contributed by atoms with E-state index in [1.807, 2.05) is 18.2 Å². The highest BCUT2D eigenvalue weighted by molar-refractivity contribution is 5.14. The van der Waals surface area contributed by atoms with Crippen molar-refractivity contribution < 1.29 is 5.11 Å². The van der Waals surface area contributed by atoms with Crippen molar-refractivity contribution in [3.63, 3.8) is 0 Å². The molecule has 2 heteroatoms. The third kappa shape index (κ3) is 4.33. The van der Waals surface area contributed by atoms with Crippen LogP contribution in [0.2, 0.25) is 0 Å². The highest BCUT2D eigenvalue weighted by atomic mass is 16.3. The monoisotopic (exact) mass is 219 g/mol. The number of aliphatic hydroxyl groups is 1. The molecule has 0 amide bonds. The van der Waals surface area contributed by atoms with Crippen LogP contribution in [0.4, 0.5) is 0 Å². The first-order chi connectivity index (χ1) is 7.84. The quantitative estimate of drug-likeness (QED) is 0.735. The van der Waals surface area contributed by atoms with Crippen molar-refractivity contribution in [3.8, 4) is 0 Å². The number of aliphatic hydroxyl groups excluding tert-OH is 1. The Morgan fingerprint density at radius 2 is 2.00 bits per heavy atom. The fourth-order valence-electron chi connectivity index (χ4n) is 1.86. The van der Waals surface area contributed by atoms with Crippen LogP contribution in [-0.4, -0.2) is 24.3 Å². The fourth-order valence-corrected chi connectivity index (χ4v) is 1.86. The van der Waals surface area contributed by atoms with Gasteiger partial charge in [-0.1, -0.05) is 30.3 Å². The van der Waals surface area contributed by atoms with Crippen molar-refractivity contribution in [2.75, 3.05) is 13.1 Å². The van der Waals surface area contributed by atoms with E-state index in [1.54, 1.807) is 0 Å². The van der Waals surface area contributed by atoms with Crippen molar-refractivity contribution in [3.05, 3.63) is 35.9 Å². The minimum absolute atomic E-state index is 0.209. The van der Waals surface area contributed by atoms with Gasteiger partial charge in [-0.3, -0.25) is 0 Å². The van der Waals surface area contributed by atoms with E-state index in [1.165, 1.54) is 18.4 Å². The molecule has 1 fully saturated rings. The van der Waals surface area contributed by atoms with Crippen molar-refractivity contribution in [2.45, 2.75) is 31.8 Å². The summed E-state index contributed by atoms with van der Waals surface area (Å²) in [5.41, 5.74) is 1.31. The molecule has 1 aromatic carbocycles. The zero-order valence-corrected chi connectivity index (χ0v) is 9.73. The van der Waals surface area contributed by atoms with Gasteiger partial charge in [-0.2, -0.15) is 0 Å². The highest BCUT2D eigenvalue weighted by Gasteiger charge is 2.20. The van der Waals surface area contributed by atoms with E-state index in [0.717, 1.165) is 31.8 Å². The lowest BCUT2D eigenvalue weighted by Gasteiger charge is -2.11. The fraction of sp³-hybridized carbons (Fsp3) is 0.571. The molecular formula is C14H21NO. The van der Waals surface area contributed by atoms with Gasteiger partial charge in [0.15, 0.2) is 0 Å². The number of benzene rings is 1. The number of hydrogen-bond acceptors (Lipinski definition) is 2. The van der Waals surface area contributed by atoms with Gasteiger partial charge < -0.3 is 10.4 Å². The summed E-state index contributed by atoms with van der Waals surface area (Å²) in [7, 11) is 0. The summed E-state index contributed by atoms with van der Waals surface area (Å²) in [5.74, 6) is 0.890. The maximum atomic E-state index is 9.78. The van der Waals surface area contributed by atoms with Gasteiger partial charge in [-0.15, -0.1) is 0 Å². The molecule has 1 aliphatic carbocycles. The van der Waals surface area contributed by atoms with Gasteiger partial charge in [0, 0.05) is 6.54 Å². The summed E-state index contributed by atoms with van der Waals surface area (Å²) >= 11 is 0. The second-order valence-electron chi connectivity index (χ2n) is 4.78. The molecule has 2 N–H and O–H groups in total. The number of nitrogens with one attached hydrogen (secondary N) is 1.